The molecule has 17 heavy (non-hydrogen) atoms. The second-order valence-corrected chi connectivity index (χ2v) is 4.60. The van der Waals surface area contributed by atoms with Crippen molar-refractivity contribution >= 4 is 0 Å². The lowest BCUT2D eigenvalue weighted by Gasteiger charge is -2.08. The van der Waals surface area contributed by atoms with Crippen molar-refractivity contribution in [3.8, 4) is 0 Å². The quantitative estimate of drug-likeness (QED) is 0.765. The smallest absolute Gasteiger partial charge is 0.131 e. The molecular formula is C13H21N3O. The van der Waals surface area contributed by atoms with Gasteiger partial charge in [-0.1, -0.05) is 12.8 Å². The number of hydrogen-bond donors (Lipinski definition) is 1. The van der Waals surface area contributed by atoms with Gasteiger partial charge in [0.2, 0.25) is 0 Å². The van der Waals surface area contributed by atoms with Gasteiger partial charge in [-0.2, -0.15) is 0 Å². The van der Waals surface area contributed by atoms with Crippen LogP contribution in [0.2, 0.25) is 0 Å². The molecule has 94 valence electrons. The summed E-state index contributed by atoms with van der Waals surface area (Å²) >= 11 is 0. The number of nitrogens with zero attached hydrogens (tertiary/aromatic N) is 2. The molecule has 1 aliphatic rings. The monoisotopic (exact) mass is 235 g/mol. The summed E-state index contributed by atoms with van der Waals surface area (Å²) in [5.74, 6) is 1.63. The normalized spacial score (nSPS) is 16.5. The van der Waals surface area contributed by atoms with E-state index < -0.39 is 0 Å². The van der Waals surface area contributed by atoms with Crippen molar-refractivity contribution in [1.29, 1.82) is 0 Å². The van der Waals surface area contributed by atoms with Crippen LogP contribution in [-0.2, 0) is 11.3 Å². The summed E-state index contributed by atoms with van der Waals surface area (Å²) < 4.78 is 4.97. The van der Waals surface area contributed by atoms with E-state index in [4.69, 9.17) is 4.74 Å². The molecule has 0 bridgehead atoms. The zero-order valence-electron chi connectivity index (χ0n) is 10.5. The lowest BCUT2D eigenvalue weighted by molar-refractivity contribution is 0.199. The van der Waals surface area contributed by atoms with Gasteiger partial charge in [-0.3, -0.25) is 0 Å². The number of aromatic nitrogens is 2. The predicted octanol–water partition coefficient (Wildman–Crippen LogP) is 1.87. The van der Waals surface area contributed by atoms with E-state index in [1.54, 1.807) is 7.11 Å². The number of nitrogens with one attached hydrogen (secondary N) is 1. The second kappa shape index (κ2) is 6.67. The summed E-state index contributed by atoms with van der Waals surface area (Å²) in [7, 11) is 1.71. The molecule has 0 amide bonds. The summed E-state index contributed by atoms with van der Waals surface area (Å²) in [4.78, 5) is 8.95. The fourth-order valence-electron chi connectivity index (χ4n) is 2.26. The van der Waals surface area contributed by atoms with Crippen LogP contribution < -0.4 is 5.32 Å². The topological polar surface area (TPSA) is 47.0 Å². The zero-order chi connectivity index (χ0) is 11.9. The van der Waals surface area contributed by atoms with Crippen molar-refractivity contribution in [2.45, 2.75) is 38.1 Å². The summed E-state index contributed by atoms with van der Waals surface area (Å²) in [6.07, 6.45) is 9.06. The van der Waals surface area contributed by atoms with Gasteiger partial charge in [0.15, 0.2) is 0 Å². The maximum atomic E-state index is 4.97. The third-order valence-electron chi connectivity index (χ3n) is 3.26. The largest absolute Gasteiger partial charge is 0.383 e. The van der Waals surface area contributed by atoms with Crippen LogP contribution in [0.1, 0.15) is 43.0 Å². The first-order chi connectivity index (χ1) is 8.40. The summed E-state index contributed by atoms with van der Waals surface area (Å²) in [5, 5.41) is 3.29. The van der Waals surface area contributed by atoms with Crippen LogP contribution in [0.4, 0.5) is 0 Å². The maximum absolute atomic E-state index is 4.97. The first kappa shape index (κ1) is 12.5. The zero-order valence-corrected chi connectivity index (χ0v) is 10.5. The van der Waals surface area contributed by atoms with Crippen molar-refractivity contribution in [2.75, 3.05) is 20.3 Å². The number of hydrogen-bond acceptors (Lipinski definition) is 4. The Kier molecular flexibility index (Phi) is 4.88. The first-order valence-electron chi connectivity index (χ1n) is 6.40. The van der Waals surface area contributed by atoms with Gasteiger partial charge < -0.3 is 10.1 Å². The van der Waals surface area contributed by atoms with E-state index in [0.29, 0.717) is 5.92 Å². The van der Waals surface area contributed by atoms with Crippen LogP contribution in [0.5, 0.6) is 0 Å². The van der Waals surface area contributed by atoms with Gasteiger partial charge in [0.25, 0.3) is 0 Å². The van der Waals surface area contributed by atoms with Gasteiger partial charge in [-0.25, -0.2) is 9.97 Å². The molecule has 0 spiro atoms. The van der Waals surface area contributed by atoms with E-state index in [2.05, 4.69) is 15.3 Å². The highest BCUT2D eigenvalue weighted by Gasteiger charge is 2.19. The third-order valence-corrected chi connectivity index (χ3v) is 3.26. The molecular weight excluding hydrogens is 214 g/mol. The van der Waals surface area contributed by atoms with Crippen molar-refractivity contribution in [1.82, 2.24) is 15.3 Å². The summed E-state index contributed by atoms with van der Waals surface area (Å²) in [6, 6.07) is 0. The van der Waals surface area contributed by atoms with Crippen molar-refractivity contribution < 1.29 is 4.74 Å². The summed E-state index contributed by atoms with van der Waals surface area (Å²) in [6.45, 7) is 2.41. The molecule has 0 atom stereocenters. The highest BCUT2D eigenvalue weighted by atomic mass is 16.5. The van der Waals surface area contributed by atoms with E-state index in [1.165, 1.54) is 25.7 Å². The molecule has 1 saturated carbocycles. The molecule has 4 nitrogen and oxygen atoms in total. The Bertz CT molecular complexity index is 320. The Balaban J connectivity index is 1.80. The lowest BCUT2D eigenvalue weighted by Crippen LogP contribution is -2.18. The van der Waals surface area contributed by atoms with Crippen LogP contribution in [0.3, 0.4) is 0 Å². The molecule has 1 heterocycles. The molecule has 1 aromatic rings. The van der Waals surface area contributed by atoms with Crippen molar-refractivity contribution in [2.24, 2.45) is 0 Å². The van der Waals surface area contributed by atoms with Gasteiger partial charge in [0.05, 0.1) is 6.61 Å². The lowest BCUT2D eigenvalue weighted by atomic mass is 10.1. The summed E-state index contributed by atoms with van der Waals surface area (Å²) in [5.41, 5.74) is 1.14. The third kappa shape index (κ3) is 3.75. The van der Waals surface area contributed by atoms with E-state index in [9.17, 15) is 0 Å². The van der Waals surface area contributed by atoms with Crippen LogP contribution >= 0.6 is 0 Å². The van der Waals surface area contributed by atoms with Crippen molar-refractivity contribution in [3.05, 3.63) is 23.8 Å². The number of methoxy groups -OCH3 is 1. The molecule has 0 aliphatic heterocycles. The van der Waals surface area contributed by atoms with Crippen LogP contribution in [-0.4, -0.2) is 30.2 Å². The first-order valence-corrected chi connectivity index (χ1v) is 6.40. The molecule has 1 aromatic heterocycles. The van der Waals surface area contributed by atoms with Gasteiger partial charge in [-0.05, 0) is 12.8 Å². The van der Waals surface area contributed by atoms with Crippen molar-refractivity contribution in [3.63, 3.8) is 0 Å². The molecule has 1 N–H and O–H groups in total. The molecule has 0 unspecified atom stereocenters. The highest BCUT2D eigenvalue weighted by molar-refractivity contribution is 5.08. The molecule has 0 saturated heterocycles. The van der Waals surface area contributed by atoms with Gasteiger partial charge >= 0.3 is 0 Å². The molecule has 4 heteroatoms. The predicted molar refractivity (Wildman–Crippen MR) is 66.8 cm³/mol. The van der Waals surface area contributed by atoms with E-state index in [0.717, 1.165) is 31.1 Å². The number of rotatable bonds is 6. The van der Waals surface area contributed by atoms with Crippen LogP contribution in [0, 0.1) is 0 Å². The fraction of sp³-hybridized carbons (Fsp3) is 0.692. The Morgan fingerprint density at radius 3 is 2.65 bits per heavy atom. The van der Waals surface area contributed by atoms with Gasteiger partial charge in [0.1, 0.15) is 5.82 Å². The fourth-order valence-corrected chi connectivity index (χ4v) is 2.26. The Morgan fingerprint density at radius 2 is 2.00 bits per heavy atom. The molecule has 0 radical (unpaired) electrons. The molecule has 1 aliphatic carbocycles. The maximum Gasteiger partial charge on any atom is 0.131 e. The molecule has 2 rings (SSSR count). The van der Waals surface area contributed by atoms with E-state index in [1.807, 2.05) is 12.4 Å². The average Bonchev–Trinajstić information content (AvgIpc) is 2.89. The highest BCUT2D eigenvalue weighted by Crippen LogP contribution is 2.31. The Morgan fingerprint density at radius 1 is 1.29 bits per heavy atom. The Hall–Kier alpha value is -1.00. The Labute approximate surface area is 103 Å². The van der Waals surface area contributed by atoms with Crippen LogP contribution in [0.15, 0.2) is 12.4 Å². The number of ether oxygens (including phenoxy) is 1. The van der Waals surface area contributed by atoms with Gasteiger partial charge in [0, 0.05) is 44.1 Å². The standard InChI is InChI=1S/C13H21N3O/c1-17-7-6-14-8-11-9-15-13(16-10-11)12-4-2-3-5-12/h9-10,12,14H,2-8H2,1H3. The minimum Gasteiger partial charge on any atom is -0.383 e. The molecule has 1 fully saturated rings. The minimum atomic E-state index is 0.602. The molecule has 0 aromatic carbocycles. The van der Waals surface area contributed by atoms with Crippen LogP contribution in [0.25, 0.3) is 0 Å². The SMILES string of the molecule is COCCNCc1cnc(C2CCCC2)nc1. The van der Waals surface area contributed by atoms with E-state index >= 15 is 0 Å². The minimum absolute atomic E-state index is 0.602. The average molecular weight is 235 g/mol. The second-order valence-electron chi connectivity index (χ2n) is 4.60. The van der Waals surface area contributed by atoms with E-state index in [-0.39, 0.29) is 0 Å². The van der Waals surface area contributed by atoms with Gasteiger partial charge in [-0.15, -0.1) is 0 Å².